The Bertz CT molecular complexity index is 429. The fourth-order valence-electron chi connectivity index (χ4n) is 0.813. The molecule has 0 fully saturated rings. The SMILES string of the molecule is Cc1[nH]c(=O)[nH]c(=O)c1[N+](=O)[O-]. The van der Waals surface area contributed by atoms with E-state index in [-0.39, 0.29) is 5.69 Å². The topological polar surface area (TPSA) is 109 Å². The molecule has 0 aliphatic carbocycles. The van der Waals surface area contributed by atoms with Gasteiger partial charge in [0.05, 0.1) is 4.92 Å². The van der Waals surface area contributed by atoms with Crippen LogP contribution in [0, 0.1) is 17.0 Å². The van der Waals surface area contributed by atoms with Crippen LogP contribution in [0.2, 0.25) is 0 Å². The molecule has 0 bridgehead atoms. The first-order chi connectivity index (χ1) is 5.52. The van der Waals surface area contributed by atoms with Gasteiger partial charge in [-0.25, -0.2) is 4.79 Å². The van der Waals surface area contributed by atoms with Gasteiger partial charge in [0.15, 0.2) is 0 Å². The molecule has 1 aromatic heterocycles. The molecule has 12 heavy (non-hydrogen) atoms. The summed E-state index contributed by atoms with van der Waals surface area (Å²) in [6.07, 6.45) is 0. The number of hydrogen-bond acceptors (Lipinski definition) is 4. The summed E-state index contributed by atoms with van der Waals surface area (Å²) in [5.74, 6) is 0. The highest BCUT2D eigenvalue weighted by molar-refractivity contribution is 5.29. The Balaban J connectivity index is 3.60. The first kappa shape index (κ1) is 8.18. The van der Waals surface area contributed by atoms with E-state index in [1.54, 1.807) is 4.98 Å². The molecule has 0 aromatic carbocycles. The van der Waals surface area contributed by atoms with E-state index in [1.165, 1.54) is 6.92 Å². The normalized spacial score (nSPS) is 9.75. The average molecular weight is 171 g/mol. The molecule has 7 nitrogen and oxygen atoms in total. The van der Waals surface area contributed by atoms with Gasteiger partial charge < -0.3 is 4.98 Å². The van der Waals surface area contributed by atoms with Crippen molar-refractivity contribution in [2.24, 2.45) is 0 Å². The van der Waals surface area contributed by atoms with Crippen LogP contribution in [-0.2, 0) is 0 Å². The Morgan fingerprint density at radius 3 is 2.33 bits per heavy atom. The van der Waals surface area contributed by atoms with Crippen molar-refractivity contribution in [3.05, 3.63) is 36.6 Å². The third-order valence-electron chi connectivity index (χ3n) is 1.28. The van der Waals surface area contributed by atoms with E-state index >= 15 is 0 Å². The molecule has 1 aromatic rings. The van der Waals surface area contributed by atoms with Crippen LogP contribution in [-0.4, -0.2) is 14.9 Å². The molecule has 0 saturated carbocycles. The zero-order valence-electron chi connectivity index (χ0n) is 6.08. The Kier molecular flexibility index (Phi) is 1.78. The van der Waals surface area contributed by atoms with Gasteiger partial charge in [0.25, 0.3) is 0 Å². The maximum Gasteiger partial charge on any atom is 0.352 e. The molecule has 1 rings (SSSR count). The van der Waals surface area contributed by atoms with Crippen LogP contribution >= 0.6 is 0 Å². The van der Waals surface area contributed by atoms with Gasteiger partial charge in [-0.1, -0.05) is 0 Å². The van der Waals surface area contributed by atoms with Crippen molar-refractivity contribution in [1.82, 2.24) is 9.97 Å². The fraction of sp³-hybridized carbons (Fsp3) is 0.200. The van der Waals surface area contributed by atoms with Crippen LogP contribution in [0.4, 0.5) is 5.69 Å². The van der Waals surface area contributed by atoms with Crippen molar-refractivity contribution >= 4 is 5.69 Å². The van der Waals surface area contributed by atoms with Gasteiger partial charge >= 0.3 is 16.9 Å². The molecule has 0 amide bonds. The number of aromatic amines is 2. The summed E-state index contributed by atoms with van der Waals surface area (Å²) in [5, 5.41) is 10.2. The molecule has 0 radical (unpaired) electrons. The number of nitrogens with zero attached hydrogens (tertiary/aromatic N) is 1. The summed E-state index contributed by atoms with van der Waals surface area (Å²) in [5.41, 5.74) is -2.41. The monoisotopic (exact) mass is 171 g/mol. The van der Waals surface area contributed by atoms with Gasteiger partial charge in [-0.15, -0.1) is 0 Å². The summed E-state index contributed by atoms with van der Waals surface area (Å²) in [4.78, 5) is 34.6. The lowest BCUT2D eigenvalue weighted by Gasteiger charge is -1.92. The number of H-pyrrole nitrogens is 2. The first-order valence-electron chi connectivity index (χ1n) is 3.00. The molecule has 64 valence electrons. The molecular weight excluding hydrogens is 166 g/mol. The molecule has 7 heteroatoms. The zero-order chi connectivity index (χ0) is 9.30. The van der Waals surface area contributed by atoms with Gasteiger partial charge in [0.1, 0.15) is 5.69 Å². The quantitative estimate of drug-likeness (QED) is 0.429. The molecule has 0 aliphatic heterocycles. The Labute approximate surface area is 65.2 Å². The minimum atomic E-state index is -0.985. The highest BCUT2D eigenvalue weighted by Crippen LogP contribution is 2.03. The van der Waals surface area contributed by atoms with Crippen LogP contribution in [0.1, 0.15) is 5.69 Å². The maximum atomic E-state index is 10.8. The van der Waals surface area contributed by atoms with Crippen LogP contribution in [0.15, 0.2) is 9.59 Å². The lowest BCUT2D eigenvalue weighted by molar-refractivity contribution is -0.387. The first-order valence-corrected chi connectivity index (χ1v) is 3.00. The van der Waals surface area contributed by atoms with Gasteiger partial charge in [-0.05, 0) is 6.92 Å². The maximum absolute atomic E-state index is 10.8. The predicted octanol–water partition coefficient (Wildman–Crippen LogP) is -0.720. The largest absolute Gasteiger partial charge is 0.352 e. The van der Waals surface area contributed by atoms with E-state index in [2.05, 4.69) is 4.98 Å². The van der Waals surface area contributed by atoms with E-state index in [1.807, 2.05) is 0 Å². The molecule has 0 spiro atoms. The number of rotatable bonds is 1. The predicted molar refractivity (Wildman–Crippen MR) is 39.1 cm³/mol. The van der Waals surface area contributed by atoms with Crippen molar-refractivity contribution in [2.45, 2.75) is 6.92 Å². The lowest BCUT2D eigenvalue weighted by atomic mass is 10.4. The Hall–Kier alpha value is -1.92. The van der Waals surface area contributed by atoms with E-state index in [4.69, 9.17) is 0 Å². The summed E-state index contributed by atoms with van der Waals surface area (Å²) in [6, 6.07) is 0. The number of nitro groups is 1. The average Bonchev–Trinajstić information content (AvgIpc) is 1.82. The fourth-order valence-corrected chi connectivity index (χ4v) is 0.813. The van der Waals surface area contributed by atoms with Gasteiger partial charge in [0.2, 0.25) is 0 Å². The molecule has 1 heterocycles. The molecule has 0 atom stereocenters. The van der Waals surface area contributed by atoms with E-state index in [9.17, 15) is 19.7 Å². The Morgan fingerprint density at radius 1 is 1.33 bits per heavy atom. The van der Waals surface area contributed by atoms with Crippen molar-refractivity contribution in [3.63, 3.8) is 0 Å². The van der Waals surface area contributed by atoms with Crippen LogP contribution < -0.4 is 11.2 Å². The van der Waals surface area contributed by atoms with E-state index in [0.717, 1.165) is 0 Å². The van der Waals surface area contributed by atoms with Crippen LogP contribution in [0.5, 0.6) is 0 Å². The second-order valence-corrected chi connectivity index (χ2v) is 2.14. The summed E-state index contributed by atoms with van der Waals surface area (Å²) < 4.78 is 0. The summed E-state index contributed by atoms with van der Waals surface area (Å²) >= 11 is 0. The smallest absolute Gasteiger partial charge is 0.305 e. The highest BCUT2D eigenvalue weighted by atomic mass is 16.6. The summed E-state index contributed by atoms with van der Waals surface area (Å²) in [7, 11) is 0. The minimum absolute atomic E-state index is 0.0475. The number of aromatic nitrogens is 2. The molecule has 2 N–H and O–H groups in total. The van der Waals surface area contributed by atoms with Gasteiger partial charge in [0, 0.05) is 0 Å². The highest BCUT2D eigenvalue weighted by Gasteiger charge is 2.16. The molecule has 0 saturated heterocycles. The zero-order valence-corrected chi connectivity index (χ0v) is 6.08. The van der Waals surface area contributed by atoms with E-state index < -0.39 is 21.9 Å². The third-order valence-corrected chi connectivity index (χ3v) is 1.28. The van der Waals surface area contributed by atoms with Crippen molar-refractivity contribution in [2.75, 3.05) is 0 Å². The van der Waals surface area contributed by atoms with Crippen LogP contribution in [0.3, 0.4) is 0 Å². The van der Waals surface area contributed by atoms with Gasteiger partial charge in [-0.2, -0.15) is 0 Å². The Morgan fingerprint density at radius 2 is 1.92 bits per heavy atom. The number of nitrogens with one attached hydrogen (secondary N) is 2. The molecular formula is C5H5N3O4. The second-order valence-electron chi connectivity index (χ2n) is 2.14. The number of hydrogen-bond donors (Lipinski definition) is 2. The van der Waals surface area contributed by atoms with Gasteiger partial charge in [-0.3, -0.25) is 19.9 Å². The number of aryl methyl sites for hydroxylation is 1. The minimum Gasteiger partial charge on any atom is -0.305 e. The lowest BCUT2D eigenvalue weighted by Crippen LogP contribution is -2.25. The van der Waals surface area contributed by atoms with Crippen molar-refractivity contribution in [3.8, 4) is 0 Å². The molecule has 0 aliphatic rings. The van der Waals surface area contributed by atoms with Crippen LogP contribution in [0.25, 0.3) is 0 Å². The van der Waals surface area contributed by atoms with E-state index in [0.29, 0.717) is 0 Å². The summed E-state index contributed by atoms with van der Waals surface area (Å²) in [6.45, 7) is 1.29. The molecule has 0 unspecified atom stereocenters. The third kappa shape index (κ3) is 1.24. The standard InChI is InChI=1S/C5H5N3O4/c1-2-3(8(11)12)4(9)7-5(10)6-2/h1H3,(H2,6,7,9,10). The van der Waals surface area contributed by atoms with Crippen molar-refractivity contribution < 1.29 is 4.92 Å². The van der Waals surface area contributed by atoms with Crippen molar-refractivity contribution in [1.29, 1.82) is 0 Å². The second kappa shape index (κ2) is 2.61.